The van der Waals surface area contributed by atoms with E-state index in [-0.39, 0.29) is 11.2 Å². The van der Waals surface area contributed by atoms with Crippen LogP contribution in [0.1, 0.15) is 60.3 Å². The summed E-state index contributed by atoms with van der Waals surface area (Å²) in [4.78, 5) is 0. The standard InChI is InChI=1S/C24H25NO2.C24H23NO2/c2*1-26-18-9-10-21-22(20-8-4-6-17-5-2-3-7-19(17)20)16-24(27-23(21)15-18)11-13-25-14-12-24/h2-10,15,22,25H,11-14,16H2,1H3;2-10,15-16,25H,11-14H2,1H3. The molecule has 2 fully saturated rings. The van der Waals surface area contributed by atoms with E-state index in [1.807, 2.05) is 12.1 Å². The molecule has 0 saturated carbocycles. The summed E-state index contributed by atoms with van der Waals surface area (Å²) in [6.45, 7) is 3.97. The summed E-state index contributed by atoms with van der Waals surface area (Å²) in [5.41, 5.74) is 6.00. The molecule has 0 bridgehead atoms. The zero-order valence-electron chi connectivity index (χ0n) is 31.2. The minimum atomic E-state index is -0.253. The van der Waals surface area contributed by atoms with E-state index in [4.69, 9.17) is 18.9 Å². The highest BCUT2D eigenvalue weighted by Gasteiger charge is 2.43. The van der Waals surface area contributed by atoms with Gasteiger partial charge in [0.2, 0.25) is 0 Å². The van der Waals surface area contributed by atoms with Gasteiger partial charge in [-0.3, -0.25) is 0 Å². The van der Waals surface area contributed by atoms with E-state index in [9.17, 15) is 0 Å². The Morgan fingerprint density at radius 3 is 1.91 bits per heavy atom. The minimum Gasteiger partial charge on any atom is -0.497 e. The van der Waals surface area contributed by atoms with Gasteiger partial charge in [0.15, 0.2) is 0 Å². The largest absolute Gasteiger partial charge is 0.497 e. The molecule has 2 saturated heterocycles. The summed E-state index contributed by atoms with van der Waals surface area (Å²) in [5.74, 6) is 3.93. The monoisotopic (exact) mass is 716 g/mol. The summed E-state index contributed by atoms with van der Waals surface area (Å²) in [6, 6.07) is 43.0. The lowest BCUT2D eigenvalue weighted by atomic mass is 9.74. The number of benzene rings is 6. The van der Waals surface area contributed by atoms with Crippen molar-refractivity contribution in [1.29, 1.82) is 0 Å². The Labute approximate surface area is 318 Å². The van der Waals surface area contributed by atoms with Crippen molar-refractivity contribution in [2.45, 2.75) is 49.2 Å². The summed E-state index contributed by atoms with van der Waals surface area (Å²) >= 11 is 0. The number of nitrogens with one attached hydrogen (secondary N) is 2. The molecule has 4 aliphatic heterocycles. The van der Waals surface area contributed by atoms with Gasteiger partial charge in [-0.2, -0.15) is 0 Å². The van der Waals surface area contributed by atoms with Crippen molar-refractivity contribution < 1.29 is 18.9 Å². The van der Waals surface area contributed by atoms with Crippen molar-refractivity contribution in [3.05, 3.63) is 150 Å². The number of hydrogen-bond donors (Lipinski definition) is 2. The lowest BCUT2D eigenvalue weighted by Crippen LogP contribution is -2.49. The van der Waals surface area contributed by atoms with Crippen LogP contribution in [0.5, 0.6) is 23.0 Å². The van der Waals surface area contributed by atoms with Gasteiger partial charge >= 0.3 is 0 Å². The van der Waals surface area contributed by atoms with Crippen molar-refractivity contribution in [2.24, 2.45) is 0 Å². The van der Waals surface area contributed by atoms with Crippen LogP contribution in [0.4, 0.5) is 0 Å². The van der Waals surface area contributed by atoms with Crippen molar-refractivity contribution in [3.63, 3.8) is 0 Å². The van der Waals surface area contributed by atoms with Crippen LogP contribution < -0.4 is 29.6 Å². The molecular formula is C48H48N2O4. The van der Waals surface area contributed by atoms with Gasteiger partial charge in [-0.15, -0.1) is 0 Å². The van der Waals surface area contributed by atoms with Crippen LogP contribution in [0, 0.1) is 0 Å². The molecule has 10 rings (SSSR count). The van der Waals surface area contributed by atoms with Crippen LogP contribution in [0.25, 0.3) is 27.1 Å². The predicted octanol–water partition coefficient (Wildman–Crippen LogP) is 9.68. The highest BCUT2D eigenvalue weighted by Crippen LogP contribution is 2.50. The molecule has 4 heterocycles. The fourth-order valence-corrected chi connectivity index (χ4v) is 9.10. The molecule has 1 unspecified atom stereocenters. The number of hydrogen-bond acceptors (Lipinski definition) is 6. The van der Waals surface area contributed by atoms with E-state index in [1.54, 1.807) is 14.2 Å². The molecule has 274 valence electrons. The first-order valence-corrected chi connectivity index (χ1v) is 19.4. The summed E-state index contributed by atoms with van der Waals surface area (Å²) < 4.78 is 24.1. The molecule has 4 aliphatic rings. The van der Waals surface area contributed by atoms with E-state index in [2.05, 4.69) is 126 Å². The van der Waals surface area contributed by atoms with Gasteiger partial charge < -0.3 is 29.6 Å². The van der Waals surface area contributed by atoms with Gasteiger partial charge in [0.05, 0.1) is 14.2 Å². The smallest absolute Gasteiger partial charge is 0.132 e. The quantitative estimate of drug-likeness (QED) is 0.190. The number of piperidine rings is 2. The maximum absolute atomic E-state index is 6.65. The fourth-order valence-electron chi connectivity index (χ4n) is 9.10. The van der Waals surface area contributed by atoms with Gasteiger partial charge in [0.1, 0.15) is 34.2 Å². The maximum Gasteiger partial charge on any atom is 0.132 e. The number of ether oxygens (including phenoxy) is 4. The Bertz CT molecular complexity index is 2330. The first-order chi connectivity index (χ1) is 26.6. The SMILES string of the molecule is COc1ccc2c(c1)OC1(C=C2c2cccc3ccccc23)CCNCC1.COc1ccc2c(c1)OC1(CCNCC1)CC2c1cccc2ccccc12. The molecule has 2 spiro atoms. The van der Waals surface area contributed by atoms with Gasteiger partial charge in [-0.05, 0) is 108 Å². The number of rotatable bonds is 4. The molecule has 0 aromatic heterocycles. The van der Waals surface area contributed by atoms with Gasteiger partial charge in [-0.1, -0.05) is 91.0 Å². The second kappa shape index (κ2) is 14.5. The molecule has 0 aliphatic carbocycles. The number of fused-ring (bicyclic) bond motifs is 4. The van der Waals surface area contributed by atoms with E-state index < -0.39 is 0 Å². The minimum absolute atomic E-state index is 0.0910. The zero-order valence-corrected chi connectivity index (χ0v) is 31.2. The average molecular weight is 717 g/mol. The van der Waals surface area contributed by atoms with E-state index in [0.29, 0.717) is 5.92 Å². The number of methoxy groups -OCH3 is 2. The van der Waals surface area contributed by atoms with Gasteiger partial charge in [-0.25, -0.2) is 0 Å². The molecule has 0 amide bonds. The molecule has 0 radical (unpaired) electrons. The first-order valence-electron chi connectivity index (χ1n) is 19.4. The van der Waals surface area contributed by atoms with Crippen molar-refractivity contribution in [2.75, 3.05) is 40.4 Å². The normalized spacial score (nSPS) is 19.4. The van der Waals surface area contributed by atoms with E-state index in [1.165, 1.54) is 43.8 Å². The van der Waals surface area contributed by atoms with Crippen LogP contribution in [-0.4, -0.2) is 51.6 Å². The Kier molecular flexibility index (Phi) is 9.26. The molecule has 6 nitrogen and oxygen atoms in total. The molecular weight excluding hydrogens is 669 g/mol. The first kappa shape index (κ1) is 34.5. The van der Waals surface area contributed by atoms with Crippen molar-refractivity contribution in [1.82, 2.24) is 10.6 Å². The maximum atomic E-state index is 6.65. The third kappa shape index (κ3) is 6.48. The van der Waals surface area contributed by atoms with Crippen LogP contribution in [0.2, 0.25) is 0 Å². The second-order valence-electron chi connectivity index (χ2n) is 15.1. The molecule has 54 heavy (non-hydrogen) atoms. The third-order valence-electron chi connectivity index (χ3n) is 11.9. The lowest BCUT2D eigenvalue weighted by molar-refractivity contribution is 0.0113. The summed E-state index contributed by atoms with van der Waals surface area (Å²) in [7, 11) is 3.42. The van der Waals surface area contributed by atoms with Crippen molar-refractivity contribution in [3.8, 4) is 23.0 Å². The third-order valence-corrected chi connectivity index (χ3v) is 11.9. The second-order valence-corrected chi connectivity index (χ2v) is 15.1. The van der Waals surface area contributed by atoms with E-state index in [0.717, 1.165) is 86.8 Å². The highest BCUT2D eigenvalue weighted by atomic mass is 16.5. The zero-order chi connectivity index (χ0) is 36.5. The fraction of sp³-hybridized carbons (Fsp3) is 0.292. The Morgan fingerprint density at radius 2 is 1.17 bits per heavy atom. The van der Waals surface area contributed by atoms with Crippen LogP contribution in [0.3, 0.4) is 0 Å². The highest BCUT2D eigenvalue weighted by molar-refractivity contribution is 5.99. The molecule has 6 heteroatoms. The Balaban J connectivity index is 0.000000142. The van der Waals surface area contributed by atoms with Crippen molar-refractivity contribution >= 4 is 27.1 Å². The summed E-state index contributed by atoms with van der Waals surface area (Å²) in [5, 5.41) is 12.1. The molecule has 1 atom stereocenters. The van der Waals surface area contributed by atoms with Crippen LogP contribution in [-0.2, 0) is 0 Å². The molecule has 6 aromatic rings. The summed E-state index contributed by atoms with van der Waals surface area (Å²) in [6.07, 6.45) is 7.43. The topological polar surface area (TPSA) is 61.0 Å². The average Bonchev–Trinajstić information content (AvgIpc) is 3.23. The van der Waals surface area contributed by atoms with Crippen LogP contribution in [0.15, 0.2) is 127 Å². The molecule has 6 aromatic carbocycles. The van der Waals surface area contributed by atoms with Gasteiger partial charge in [0.25, 0.3) is 0 Å². The Morgan fingerprint density at radius 1 is 0.556 bits per heavy atom. The lowest BCUT2D eigenvalue weighted by Gasteiger charge is -2.45. The molecule has 2 N–H and O–H groups in total. The Hall–Kier alpha value is -5.30. The van der Waals surface area contributed by atoms with Gasteiger partial charge in [0, 0.05) is 42.0 Å². The van der Waals surface area contributed by atoms with E-state index >= 15 is 0 Å². The predicted molar refractivity (Wildman–Crippen MR) is 218 cm³/mol. The van der Waals surface area contributed by atoms with Crippen LogP contribution >= 0.6 is 0 Å².